The van der Waals surface area contributed by atoms with Crippen LogP contribution in [0.1, 0.15) is 27.2 Å². The van der Waals surface area contributed by atoms with E-state index in [1.54, 1.807) is 0 Å². The number of hydrogen-bond acceptors (Lipinski definition) is 1. The molecule has 0 spiro atoms. The number of fused-ring (bicyclic) bond motifs is 2. The van der Waals surface area contributed by atoms with E-state index in [0.717, 1.165) is 6.42 Å². The van der Waals surface area contributed by atoms with Gasteiger partial charge in [0.1, 0.15) is 5.78 Å². The summed E-state index contributed by atoms with van der Waals surface area (Å²) in [5.41, 5.74) is 0.0156. The largest absolute Gasteiger partial charge is 0.299 e. The molecule has 2 bridgehead atoms. The smallest absolute Gasteiger partial charge is 0.143 e. The number of carbonyl (C=O) groups is 1. The minimum absolute atomic E-state index is 0.155. The Hall–Kier alpha value is -0.590. The van der Waals surface area contributed by atoms with Crippen molar-refractivity contribution < 1.29 is 4.79 Å². The Balaban J connectivity index is 2.55. The molecular weight excluding hydrogens is 136 g/mol. The first-order chi connectivity index (χ1) is 4.98. The molecule has 0 aromatic carbocycles. The van der Waals surface area contributed by atoms with Crippen LogP contribution in [0.4, 0.5) is 0 Å². The molecule has 1 saturated carbocycles. The van der Waals surface area contributed by atoms with E-state index in [2.05, 4.69) is 32.9 Å². The third kappa shape index (κ3) is 0.559. The summed E-state index contributed by atoms with van der Waals surface area (Å²) < 4.78 is 0. The Morgan fingerprint density at radius 1 is 1.45 bits per heavy atom. The van der Waals surface area contributed by atoms with Gasteiger partial charge in [-0.15, -0.1) is 0 Å². The summed E-state index contributed by atoms with van der Waals surface area (Å²) in [6.07, 6.45) is 5.07. The molecule has 2 aliphatic carbocycles. The molecule has 0 amide bonds. The first-order valence-electron chi connectivity index (χ1n) is 4.21. The summed E-state index contributed by atoms with van der Waals surface area (Å²) in [6.45, 7) is 6.46. The van der Waals surface area contributed by atoms with E-state index in [0.29, 0.717) is 11.7 Å². The van der Waals surface area contributed by atoms with Gasteiger partial charge in [-0.05, 0) is 18.3 Å². The molecule has 60 valence electrons. The van der Waals surface area contributed by atoms with Crippen molar-refractivity contribution in [3.8, 4) is 0 Å². The zero-order chi connectivity index (χ0) is 8.28. The summed E-state index contributed by atoms with van der Waals surface area (Å²) in [5.74, 6) is 0.926. The van der Waals surface area contributed by atoms with E-state index < -0.39 is 0 Å². The molecule has 1 heteroatoms. The van der Waals surface area contributed by atoms with Crippen LogP contribution in [0, 0.1) is 16.7 Å². The van der Waals surface area contributed by atoms with Crippen molar-refractivity contribution in [3.05, 3.63) is 12.2 Å². The topological polar surface area (TPSA) is 17.1 Å². The highest BCUT2D eigenvalue weighted by molar-refractivity contribution is 5.91. The summed E-state index contributed by atoms with van der Waals surface area (Å²) in [7, 11) is 0. The van der Waals surface area contributed by atoms with Gasteiger partial charge in [-0.2, -0.15) is 0 Å². The van der Waals surface area contributed by atoms with Crippen molar-refractivity contribution in [3.63, 3.8) is 0 Å². The highest BCUT2D eigenvalue weighted by Gasteiger charge is 2.58. The highest BCUT2D eigenvalue weighted by Crippen LogP contribution is 2.59. The minimum atomic E-state index is -0.155. The van der Waals surface area contributed by atoms with Crippen LogP contribution in [0.25, 0.3) is 0 Å². The second-order valence-electron chi connectivity index (χ2n) is 4.52. The van der Waals surface area contributed by atoms with Crippen LogP contribution in [-0.4, -0.2) is 5.78 Å². The lowest BCUT2D eigenvalue weighted by Crippen LogP contribution is -2.32. The molecule has 11 heavy (non-hydrogen) atoms. The average Bonchev–Trinajstić information content (AvgIpc) is 2.20. The van der Waals surface area contributed by atoms with Crippen LogP contribution >= 0.6 is 0 Å². The number of allylic oxidation sites excluding steroid dienone is 2. The zero-order valence-corrected chi connectivity index (χ0v) is 7.35. The molecule has 0 aromatic heterocycles. The van der Waals surface area contributed by atoms with E-state index in [1.807, 2.05) is 0 Å². The Morgan fingerprint density at radius 2 is 2.09 bits per heavy atom. The van der Waals surface area contributed by atoms with Crippen molar-refractivity contribution in [2.45, 2.75) is 27.2 Å². The van der Waals surface area contributed by atoms with Crippen LogP contribution < -0.4 is 0 Å². The molecular formula is C10H14O. The van der Waals surface area contributed by atoms with E-state index in [4.69, 9.17) is 0 Å². The average molecular weight is 150 g/mol. The first kappa shape index (κ1) is 7.08. The molecule has 2 atom stereocenters. The van der Waals surface area contributed by atoms with Crippen LogP contribution in [0.5, 0.6) is 0 Å². The first-order valence-corrected chi connectivity index (χ1v) is 4.21. The zero-order valence-electron chi connectivity index (χ0n) is 7.35. The van der Waals surface area contributed by atoms with Crippen molar-refractivity contribution in [2.24, 2.45) is 16.7 Å². The number of Topliss-reactive ketones (excluding diaryl/α,β-unsaturated/α-hetero) is 1. The molecule has 0 N–H and O–H groups in total. The predicted octanol–water partition coefficient (Wildman–Crippen LogP) is 2.18. The number of ketones is 1. The second-order valence-corrected chi connectivity index (χ2v) is 4.52. The molecule has 0 saturated heterocycles. The van der Waals surface area contributed by atoms with Crippen LogP contribution in [0.15, 0.2) is 12.2 Å². The van der Waals surface area contributed by atoms with Crippen molar-refractivity contribution in [1.82, 2.24) is 0 Å². The number of carbonyl (C=O) groups excluding carboxylic acids is 1. The Morgan fingerprint density at radius 3 is 2.27 bits per heavy atom. The lowest BCUT2D eigenvalue weighted by atomic mass is 9.70. The van der Waals surface area contributed by atoms with Gasteiger partial charge in [0, 0.05) is 11.8 Å². The summed E-state index contributed by atoms with van der Waals surface area (Å²) in [5, 5.41) is 0. The Labute approximate surface area is 67.5 Å². The van der Waals surface area contributed by atoms with Gasteiger partial charge in [-0.1, -0.05) is 26.0 Å². The van der Waals surface area contributed by atoms with E-state index in [9.17, 15) is 4.79 Å². The summed E-state index contributed by atoms with van der Waals surface area (Å²) >= 11 is 0. The summed E-state index contributed by atoms with van der Waals surface area (Å²) in [6, 6.07) is 0. The van der Waals surface area contributed by atoms with E-state index >= 15 is 0 Å². The van der Waals surface area contributed by atoms with Gasteiger partial charge in [0.05, 0.1) is 0 Å². The monoisotopic (exact) mass is 150 g/mol. The molecule has 0 aromatic rings. The van der Waals surface area contributed by atoms with Gasteiger partial charge in [-0.3, -0.25) is 4.79 Å². The van der Waals surface area contributed by atoms with Crippen molar-refractivity contribution in [1.29, 1.82) is 0 Å². The Kier molecular flexibility index (Phi) is 1.03. The lowest BCUT2D eigenvalue weighted by molar-refractivity contribution is -0.125. The normalized spacial score (nSPS) is 45.4. The number of rotatable bonds is 0. The van der Waals surface area contributed by atoms with Crippen LogP contribution in [0.2, 0.25) is 0 Å². The SMILES string of the molecule is CC1(C)C2C=C[C@@]1(C)C(=O)C2. The third-order valence-electron chi connectivity index (χ3n) is 3.91. The van der Waals surface area contributed by atoms with Gasteiger partial charge in [0.2, 0.25) is 0 Å². The maximum Gasteiger partial charge on any atom is 0.143 e. The van der Waals surface area contributed by atoms with Crippen LogP contribution in [-0.2, 0) is 4.79 Å². The van der Waals surface area contributed by atoms with Gasteiger partial charge < -0.3 is 0 Å². The standard InChI is InChI=1S/C10H14O/c1-9(2)7-4-5-10(9,3)8(11)6-7/h4-5,7H,6H2,1-3H3/t7?,10-/m0/s1. The highest BCUT2D eigenvalue weighted by atomic mass is 16.1. The molecule has 0 heterocycles. The maximum absolute atomic E-state index is 11.5. The fourth-order valence-electron chi connectivity index (χ4n) is 2.34. The Bertz CT molecular complexity index is 250. The van der Waals surface area contributed by atoms with Gasteiger partial charge >= 0.3 is 0 Å². The molecule has 2 rings (SSSR count). The lowest BCUT2D eigenvalue weighted by Gasteiger charge is -2.32. The van der Waals surface area contributed by atoms with Gasteiger partial charge in [-0.25, -0.2) is 0 Å². The predicted molar refractivity (Wildman–Crippen MR) is 44.1 cm³/mol. The van der Waals surface area contributed by atoms with Crippen LogP contribution in [0.3, 0.4) is 0 Å². The molecule has 1 fully saturated rings. The van der Waals surface area contributed by atoms with Crippen molar-refractivity contribution in [2.75, 3.05) is 0 Å². The molecule has 0 radical (unpaired) electrons. The molecule has 1 unspecified atom stereocenters. The maximum atomic E-state index is 11.5. The quantitative estimate of drug-likeness (QED) is 0.484. The molecule has 0 aliphatic heterocycles. The molecule has 1 nitrogen and oxygen atoms in total. The van der Waals surface area contributed by atoms with E-state index in [1.165, 1.54) is 0 Å². The fraction of sp³-hybridized carbons (Fsp3) is 0.700. The fourth-order valence-corrected chi connectivity index (χ4v) is 2.34. The molecule has 2 aliphatic rings. The number of hydrogen-bond donors (Lipinski definition) is 0. The third-order valence-corrected chi connectivity index (χ3v) is 3.91. The second kappa shape index (κ2) is 1.60. The van der Waals surface area contributed by atoms with Crippen molar-refractivity contribution >= 4 is 5.78 Å². The summed E-state index contributed by atoms with van der Waals surface area (Å²) in [4.78, 5) is 11.5. The van der Waals surface area contributed by atoms with Gasteiger partial charge in [0.15, 0.2) is 0 Å². The van der Waals surface area contributed by atoms with E-state index in [-0.39, 0.29) is 10.8 Å². The van der Waals surface area contributed by atoms with Gasteiger partial charge in [0.25, 0.3) is 0 Å². The minimum Gasteiger partial charge on any atom is -0.299 e.